The second kappa shape index (κ2) is 11.5. The highest BCUT2D eigenvalue weighted by Gasteiger charge is 2.23. The van der Waals surface area contributed by atoms with Gasteiger partial charge in [-0.2, -0.15) is 0 Å². The molecule has 29 heavy (non-hydrogen) atoms. The molecule has 0 radical (unpaired) electrons. The molecular weight excluding hydrogens is 451 g/mol. The zero-order valence-corrected chi connectivity index (χ0v) is 19.6. The number of carbonyl (C=O) groups is 1. The Kier molecular flexibility index (Phi) is 9.37. The van der Waals surface area contributed by atoms with Gasteiger partial charge in [-0.05, 0) is 53.8 Å². The van der Waals surface area contributed by atoms with E-state index in [2.05, 4.69) is 4.74 Å². The zero-order chi connectivity index (χ0) is 21.3. The molecule has 8 heteroatoms. The third kappa shape index (κ3) is 8.31. The van der Waals surface area contributed by atoms with Gasteiger partial charge in [-0.1, -0.05) is 30.3 Å². The van der Waals surface area contributed by atoms with Crippen LogP contribution in [0.25, 0.3) is 17.2 Å². The molecule has 0 bridgehead atoms. The Morgan fingerprint density at radius 2 is 1.66 bits per heavy atom. The van der Waals surface area contributed by atoms with E-state index >= 15 is 0 Å². The van der Waals surface area contributed by atoms with Gasteiger partial charge < -0.3 is 14.2 Å². The molecule has 0 unspecified atom stereocenters. The van der Waals surface area contributed by atoms with Crippen LogP contribution >= 0.6 is 33.2 Å². The largest absolute Gasteiger partial charge is 0.493 e. The second-order valence-corrected chi connectivity index (χ2v) is 15.5. The maximum atomic E-state index is 11.2. The number of halogens is 3. The Morgan fingerprint density at radius 3 is 2.28 bits per heavy atom. The van der Waals surface area contributed by atoms with Crippen molar-refractivity contribution in [3.8, 4) is 22.6 Å². The van der Waals surface area contributed by atoms with Crippen LogP contribution in [0.3, 0.4) is 0 Å². The average molecular weight is 474 g/mol. The minimum Gasteiger partial charge on any atom is -0.493 e. The van der Waals surface area contributed by atoms with Crippen LogP contribution in [0.2, 0.25) is 6.04 Å². The van der Waals surface area contributed by atoms with Crippen LogP contribution in [0, 0.1) is 0 Å². The summed E-state index contributed by atoms with van der Waals surface area (Å²) in [5.74, 6) is 0.955. The number of hydrogen-bond acceptors (Lipinski definition) is 4. The van der Waals surface area contributed by atoms with Crippen molar-refractivity contribution in [3.05, 3.63) is 54.1 Å². The average Bonchev–Trinajstić information content (AvgIpc) is 2.71. The second-order valence-electron chi connectivity index (χ2n) is 6.26. The molecule has 0 heterocycles. The maximum Gasteiger partial charge on any atom is 0.341 e. The van der Waals surface area contributed by atoms with E-state index in [1.165, 1.54) is 13.2 Å². The van der Waals surface area contributed by atoms with Gasteiger partial charge in [0.15, 0.2) is 11.5 Å². The smallest absolute Gasteiger partial charge is 0.341 e. The Bertz CT molecular complexity index is 833. The number of esters is 1. The number of unbranched alkanes of at least 4 members (excludes halogenated alkanes) is 1. The summed E-state index contributed by atoms with van der Waals surface area (Å²) in [5.41, 5.74) is 2.93. The van der Waals surface area contributed by atoms with Gasteiger partial charge >= 0.3 is 12.0 Å². The van der Waals surface area contributed by atoms with Crippen LogP contribution in [0.1, 0.15) is 18.4 Å². The van der Waals surface area contributed by atoms with Crippen molar-refractivity contribution in [2.75, 3.05) is 20.8 Å². The third-order valence-corrected chi connectivity index (χ3v) is 6.75. The lowest BCUT2D eigenvalue weighted by atomic mass is 10.0. The van der Waals surface area contributed by atoms with Gasteiger partial charge in [0, 0.05) is 6.08 Å². The highest BCUT2D eigenvalue weighted by atomic mass is 35.8. The molecule has 2 rings (SSSR count). The molecule has 0 aromatic heterocycles. The maximum absolute atomic E-state index is 11.2. The van der Waals surface area contributed by atoms with Crippen LogP contribution < -0.4 is 9.47 Å². The normalized spacial score (nSPS) is 11.5. The summed E-state index contributed by atoms with van der Waals surface area (Å²) in [6.45, 7) is 0.534. The lowest BCUT2D eigenvalue weighted by Crippen LogP contribution is -2.09. The number of methoxy groups -OCH3 is 2. The van der Waals surface area contributed by atoms with E-state index < -0.39 is 6.00 Å². The molecule has 0 amide bonds. The fraction of sp³-hybridized carbons (Fsp3) is 0.286. The molecule has 0 aliphatic heterocycles. The molecule has 2 aromatic carbocycles. The van der Waals surface area contributed by atoms with Gasteiger partial charge in [-0.15, -0.1) is 33.2 Å². The first-order chi connectivity index (χ1) is 13.8. The van der Waals surface area contributed by atoms with E-state index in [1.54, 1.807) is 13.2 Å². The number of ether oxygens (including phenoxy) is 3. The quantitative estimate of drug-likeness (QED) is 0.132. The van der Waals surface area contributed by atoms with Crippen LogP contribution in [0.5, 0.6) is 11.5 Å². The van der Waals surface area contributed by atoms with Crippen molar-refractivity contribution in [2.45, 2.75) is 18.9 Å². The molecule has 0 fully saturated rings. The minimum absolute atomic E-state index is 0.385. The predicted octanol–water partition coefficient (Wildman–Crippen LogP) is 6.36. The van der Waals surface area contributed by atoms with Crippen molar-refractivity contribution in [1.82, 2.24) is 0 Å². The van der Waals surface area contributed by atoms with Crippen LogP contribution in [-0.4, -0.2) is 32.8 Å². The van der Waals surface area contributed by atoms with Gasteiger partial charge in [-0.25, -0.2) is 4.79 Å². The summed E-state index contributed by atoms with van der Waals surface area (Å²) in [6, 6.07) is 11.7. The van der Waals surface area contributed by atoms with Crippen LogP contribution in [0.4, 0.5) is 0 Å². The highest BCUT2D eigenvalue weighted by Crippen LogP contribution is 2.33. The minimum atomic E-state index is -2.56. The van der Waals surface area contributed by atoms with E-state index in [4.69, 9.17) is 42.7 Å². The monoisotopic (exact) mass is 472 g/mol. The van der Waals surface area contributed by atoms with Gasteiger partial charge in [0.1, 0.15) is 0 Å². The lowest BCUT2D eigenvalue weighted by molar-refractivity contribution is -0.134. The summed E-state index contributed by atoms with van der Waals surface area (Å²) in [5, 5.41) is 0. The van der Waals surface area contributed by atoms with Crippen LogP contribution in [-0.2, 0) is 9.53 Å². The van der Waals surface area contributed by atoms with Gasteiger partial charge in [0.25, 0.3) is 0 Å². The fourth-order valence-corrected chi connectivity index (χ4v) is 4.45. The first kappa shape index (κ1) is 23.6. The number of hydrogen-bond donors (Lipinski definition) is 0. The molecule has 0 saturated heterocycles. The lowest BCUT2D eigenvalue weighted by Gasteiger charge is -2.13. The summed E-state index contributed by atoms with van der Waals surface area (Å²) < 4.78 is 15.9. The first-order valence-corrected chi connectivity index (χ1v) is 14.3. The van der Waals surface area contributed by atoms with E-state index in [-0.39, 0.29) is 5.97 Å². The van der Waals surface area contributed by atoms with E-state index in [9.17, 15) is 4.79 Å². The zero-order valence-electron chi connectivity index (χ0n) is 16.3. The number of carbonyl (C=O) groups excluding carboxylic acids is 1. The molecule has 156 valence electrons. The van der Waals surface area contributed by atoms with Crippen molar-refractivity contribution >= 4 is 51.3 Å². The van der Waals surface area contributed by atoms with Crippen molar-refractivity contribution in [1.29, 1.82) is 0 Å². The molecular formula is C21H23Cl3O4Si. The fourth-order valence-electron chi connectivity index (χ4n) is 2.60. The Hall–Kier alpha value is -1.66. The van der Waals surface area contributed by atoms with Gasteiger partial charge in [0.05, 0.1) is 20.8 Å². The molecule has 0 atom stereocenters. The summed E-state index contributed by atoms with van der Waals surface area (Å²) >= 11 is 17.7. The summed E-state index contributed by atoms with van der Waals surface area (Å²) in [6.07, 6.45) is 4.73. The molecule has 0 aliphatic carbocycles. The Balaban J connectivity index is 2.00. The predicted molar refractivity (Wildman–Crippen MR) is 122 cm³/mol. The van der Waals surface area contributed by atoms with Gasteiger partial charge in [0.2, 0.25) is 0 Å². The van der Waals surface area contributed by atoms with E-state index in [0.717, 1.165) is 29.5 Å². The highest BCUT2D eigenvalue weighted by molar-refractivity contribution is 7.64. The molecule has 0 aliphatic rings. The Labute approximate surface area is 186 Å². The van der Waals surface area contributed by atoms with E-state index in [0.29, 0.717) is 24.2 Å². The molecule has 4 nitrogen and oxygen atoms in total. The van der Waals surface area contributed by atoms with E-state index in [1.807, 2.05) is 42.5 Å². The topological polar surface area (TPSA) is 44.8 Å². The Morgan fingerprint density at radius 1 is 0.966 bits per heavy atom. The molecule has 0 N–H and O–H groups in total. The molecule has 2 aromatic rings. The summed E-state index contributed by atoms with van der Waals surface area (Å²) in [7, 11) is 2.96. The standard InChI is InChI=1S/C21H23Cl3O4Si/c1-26-20-15-18(10-11-19(20)28-13-3-4-14-29(22,23)24)17-8-5-16(6-9-17)7-12-21(25)27-2/h5-12,15H,3-4,13-14H2,1-2H3/b12-7+. The van der Waals surface area contributed by atoms with Gasteiger partial charge in [-0.3, -0.25) is 0 Å². The third-order valence-electron chi connectivity index (χ3n) is 4.13. The van der Waals surface area contributed by atoms with Crippen molar-refractivity contribution < 1.29 is 19.0 Å². The SMILES string of the molecule is COC(=O)/C=C/c1ccc(-c2ccc(OCCCC[Si](Cl)(Cl)Cl)c(OC)c2)cc1. The number of benzene rings is 2. The van der Waals surface area contributed by atoms with Crippen molar-refractivity contribution in [2.24, 2.45) is 0 Å². The van der Waals surface area contributed by atoms with Crippen molar-refractivity contribution in [3.63, 3.8) is 0 Å². The first-order valence-electron chi connectivity index (χ1n) is 9.06. The molecule has 0 spiro atoms. The summed E-state index contributed by atoms with van der Waals surface area (Å²) in [4.78, 5) is 11.2. The van der Waals surface area contributed by atoms with Crippen LogP contribution in [0.15, 0.2) is 48.5 Å². The number of rotatable bonds is 10. The molecule has 0 saturated carbocycles.